The Bertz CT molecular complexity index is 629. The molecule has 2 aromatic rings. The maximum absolute atomic E-state index is 13.9. The number of aryl methyl sites for hydroxylation is 1. The fourth-order valence-corrected chi connectivity index (χ4v) is 2.24. The van der Waals surface area contributed by atoms with Gasteiger partial charge in [0.1, 0.15) is 0 Å². The van der Waals surface area contributed by atoms with Crippen molar-refractivity contribution in [3.05, 3.63) is 68.7 Å². The molecule has 0 aliphatic rings. The van der Waals surface area contributed by atoms with E-state index in [1.807, 2.05) is 0 Å². The molecule has 0 fully saturated rings. The summed E-state index contributed by atoms with van der Waals surface area (Å²) in [4.78, 5) is 0. The molecule has 0 aliphatic heterocycles. The zero-order valence-electron chi connectivity index (χ0n) is 10.1. The van der Waals surface area contributed by atoms with Crippen molar-refractivity contribution in [2.24, 2.45) is 5.73 Å². The van der Waals surface area contributed by atoms with E-state index in [1.165, 1.54) is 19.1 Å². The highest BCUT2D eigenvalue weighted by molar-refractivity contribution is 6.33. The smallest absolute Gasteiger partial charge is 0.164 e. The zero-order chi connectivity index (χ0) is 14.2. The van der Waals surface area contributed by atoms with Crippen LogP contribution in [0, 0.1) is 18.6 Å². The highest BCUT2D eigenvalue weighted by Gasteiger charge is 2.20. The standard InChI is InChI=1S/C14H11Cl2F2N/c1-7-2-4-9(13(18)12(7)17)14(19)10-6-8(15)3-5-11(10)16/h2-6,14H,19H2,1H3. The second-order valence-electron chi connectivity index (χ2n) is 4.24. The molecule has 5 heteroatoms. The second-order valence-corrected chi connectivity index (χ2v) is 5.09. The first-order valence-corrected chi connectivity index (χ1v) is 6.32. The number of benzene rings is 2. The first-order chi connectivity index (χ1) is 8.91. The Hall–Kier alpha value is -1.16. The Morgan fingerprint density at radius 1 is 1.00 bits per heavy atom. The second kappa shape index (κ2) is 5.45. The average Bonchev–Trinajstić information content (AvgIpc) is 2.38. The van der Waals surface area contributed by atoms with Crippen LogP contribution in [0.25, 0.3) is 0 Å². The predicted molar refractivity (Wildman–Crippen MR) is 73.6 cm³/mol. The van der Waals surface area contributed by atoms with E-state index in [0.717, 1.165) is 0 Å². The Kier molecular flexibility index (Phi) is 4.09. The van der Waals surface area contributed by atoms with Crippen molar-refractivity contribution in [1.29, 1.82) is 0 Å². The van der Waals surface area contributed by atoms with E-state index in [4.69, 9.17) is 28.9 Å². The van der Waals surface area contributed by atoms with Crippen molar-refractivity contribution in [2.75, 3.05) is 0 Å². The van der Waals surface area contributed by atoms with E-state index < -0.39 is 17.7 Å². The van der Waals surface area contributed by atoms with Gasteiger partial charge in [-0.2, -0.15) is 0 Å². The summed E-state index contributed by atoms with van der Waals surface area (Å²) in [7, 11) is 0. The summed E-state index contributed by atoms with van der Waals surface area (Å²) in [5.41, 5.74) is 6.69. The van der Waals surface area contributed by atoms with Crippen LogP contribution in [-0.4, -0.2) is 0 Å². The van der Waals surface area contributed by atoms with Gasteiger partial charge in [0, 0.05) is 15.6 Å². The van der Waals surface area contributed by atoms with E-state index in [9.17, 15) is 8.78 Å². The zero-order valence-corrected chi connectivity index (χ0v) is 11.6. The molecule has 100 valence electrons. The molecule has 1 nitrogen and oxygen atoms in total. The number of halogens is 4. The highest BCUT2D eigenvalue weighted by atomic mass is 35.5. The molecule has 0 saturated carbocycles. The molecule has 0 aliphatic carbocycles. The molecule has 0 spiro atoms. The number of hydrogen-bond donors (Lipinski definition) is 1. The molecule has 0 saturated heterocycles. The third-order valence-corrected chi connectivity index (χ3v) is 3.51. The van der Waals surface area contributed by atoms with Gasteiger partial charge < -0.3 is 5.73 Å². The molecule has 1 unspecified atom stereocenters. The summed E-state index contributed by atoms with van der Waals surface area (Å²) in [5.74, 6) is -1.85. The fraction of sp³-hybridized carbons (Fsp3) is 0.143. The quantitative estimate of drug-likeness (QED) is 0.860. The predicted octanol–water partition coefficient (Wildman–Crippen LogP) is 4.63. The van der Waals surface area contributed by atoms with Crippen molar-refractivity contribution in [3.63, 3.8) is 0 Å². The largest absolute Gasteiger partial charge is 0.320 e. The van der Waals surface area contributed by atoms with E-state index in [2.05, 4.69) is 0 Å². The minimum atomic E-state index is -0.955. The number of rotatable bonds is 2. The van der Waals surface area contributed by atoms with Crippen LogP contribution in [0.4, 0.5) is 8.78 Å². The van der Waals surface area contributed by atoms with Gasteiger partial charge in [0.2, 0.25) is 0 Å². The van der Waals surface area contributed by atoms with Gasteiger partial charge in [0.15, 0.2) is 11.6 Å². The molecular weight excluding hydrogens is 291 g/mol. The van der Waals surface area contributed by atoms with Crippen molar-refractivity contribution in [3.8, 4) is 0 Å². The van der Waals surface area contributed by atoms with Gasteiger partial charge in [-0.3, -0.25) is 0 Å². The maximum atomic E-state index is 13.9. The molecule has 0 radical (unpaired) electrons. The Labute approximate surface area is 119 Å². The molecule has 0 heterocycles. The van der Waals surface area contributed by atoms with E-state index in [-0.39, 0.29) is 11.1 Å². The lowest BCUT2D eigenvalue weighted by Crippen LogP contribution is -2.15. The average molecular weight is 302 g/mol. The third-order valence-electron chi connectivity index (χ3n) is 2.93. The summed E-state index contributed by atoms with van der Waals surface area (Å²) in [6.45, 7) is 1.49. The Morgan fingerprint density at radius 2 is 1.68 bits per heavy atom. The molecule has 0 aromatic heterocycles. The topological polar surface area (TPSA) is 26.0 Å². The van der Waals surface area contributed by atoms with Crippen LogP contribution in [0.15, 0.2) is 30.3 Å². The van der Waals surface area contributed by atoms with Crippen molar-refractivity contribution in [2.45, 2.75) is 13.0 Å². The van der Waals surface area contributed by atoms with Crippen molar-refractivity contribution < 1.29 is 8.78 Å². The van der Waals surface area contributed by atoms with Crippen LogP contribution in [0.3, 0.4) is 0 Å². The van der Waals surface area contributed by atoms with Gasteiger partial charge in [0.25, 0.3) is 0 Å². The summed E-state index contributed by atoms with van der Waals surface area (Å²) in [6.07, 6.45) is 0. The summed E-state index contributed by atoms with van der Waals surface area (Å²) >= 11 is 11.9. The highest BCUT2D eigenvalue weighted by Crippen LogP contribution is 2.31. The van der Waals surface area contributed by atoms with Gasteiger partial charge in [-0.15, -0.1) is 0 Å². The van der Waals surface area contributed by atoms with E-state index in [1.54, 1.807) is 18.2 Å². The van der Waals surface area contributed by atoms with Gasteiger partial charge in [-0.25, -0.2) is 8.78 Å². The van der Waals surface area contributed by atoms with Crippen molar-refractivity contribution >= 4 is 23.2 Å². The third kappa shape index (κ3) is 2.73. The number of nitrogens with two attached hydrogens (primary N) is 1. The lowest BCUT2D eigenvalue weighted by atomic mass is 9.97. The monoisotopic (exact) mass is 301 g/mol. The SMILES string of the molecule is Cc1ccc(C(N)c2cc(Cl)ccc2Cl)c(F)c1F. The van der Waals surface area contributed by atoms with Crippen molar-refractivity contribution in [1.82, 2.24) is 0 Å². The minimum absolute atomic E-state index is 0.0484. The Balaban J connectivity index is 2.53. The van der Waals surface area contributed by atoms with Gasteiger partial charge in [-0.1, -0.05) is 35.3 Å². The molecule has 2 rings (SSSR count). The van der Waals surface area contributed by atoms with Gasteiger partial charge in [0.05, 0.1) is 6.04 Å². The van der Waals surface area contributed by atoms with E-state index >= 15 is 0 Å². The maximum Gasteiger partial charge on any atom is 0.164 e. The van der Waals surface area contributed by atoms with Gasteiger partial charge in [-0.05, 0) is 36.2 Å². The van der Waals surface area contributed by atoms with Crippen LogP contribution in [0.1, 0.15) is 22.7 Å². The lowest BCUT2D eigenvalue weighted by Gasteiger charge is -2.16. The van der Waals surface area contributed by atoms with Gasteiger partial charge >= 0.3 is 0 Å². The van der Waals surface area contributed by atoms with Crippen LogP contribution < -0.4 is 5.73 Å². The molecular formula is C14H11Cl2F2N. The molecule has 2 N–H and O–H groups in total. The normalized spacial score (nSPS) is 12.5. The van der Waals surface area contributed by atoms with Crippen LogP contribution in [-0.2, 0) is 0 Å². The summed E-state index contributed by atoms with van der Waals surface area (Å²) in [5, 5.41) is 0.792. The van der Waals surface area contributed by atoms with Crippen LogP contribution in [0.5, 0.6) is 0 Å². The number of hydrogen-bond acceptors (Lipinski definition) is 1. The molecule has 2 aromatic carbocycles. The van der Waals surface area contributed by atoms with Crippen LogP contribution >= 0.6 is 23.2 Å². The fourth-order valence-electron chi connectivity index (χ4n) is 1.82. The van der Waals surface area contributed by atoms with Crippen LogP contribution in [0.2, 0.25) is 10.0 Å². The molecule has 0 bridgehead atoms. The molecule has 19 heavy (non-hydrogen) atoms. The summed E-state index contributed by atoms with van der Waals surface area (Å²) in [6, 6.07) is 6.78. The minimum Gasteiger partial charge on any atom is -0.320 e. The molecule has 0 amide bonds. The first kappa shape index (κ1) is 14.3. The molecule has 1 atom stereocenters. The summed E-state index contributed by atoms with van der Waals surface area (Å²) < 4.78 is 27.5. The Morgan fingerprint density at radius 3 is 2.37 bits per heavy atom. The first-order valence-electron chi connectivity index (χ1n) is 5.57. The van der Waals surface area contributed by atoms with E-state index in [0.29, 0.717) is 15.6 Å². The lowest BCUT2D eigenvalue weighted by molar-refractivity contribution is 0.489.